The summed E-state index contributed by atoms with van der Waals surface area (Å²) in [6.45, 7) is 4.22. The first-order valence-corrected chi connectivity index (χ1v) is 8.36. The molecule has 1 aromatic carbocycles. The molecule has 1 N–H and O–H groups in total. The van der Waals surface area contributed by atoms with E-state index < -0.39 is 12.0 Å². The van der Waals surface area contributed by atoms with Gasteiger partial charge in [-0.2, -0.15) is 0 Å². The Kier molecular flexibility index (Phi) is 4.47. The van der Waals surface area contributed by atoms with E-state index in [1.807, 2.05) is 51.0 Å². The van der Waals surface area contributed by atoms with Crippen molar-refractivity contribution in [3.8, 4) is 0 Å². The van der Waals surface area contributed by atoms with Gasteiger partial charge < -0.3 is 14.9 Å². The van der Waals surface area contributed by atoms with Crippen LogP contribution in [0, 0.1) is 13.8 Å². The number of fused-ring (bicyclic) bond motifs is 1. The molecule has 0 aliphatic carbocycles. The smallest absolute Gasteiger partial charge is 0.326 e. The number of hydrogen-bond acceptors (Lipinski definition) is 4. The third-order valence-electron chi connectivity index (χ3n) is 4.88. The van der Waals surface area contributed by atoms with Crippen molar-refractivity contribution in [2.75, 3.05) is 20.6 Å². The Morgan fingerprint density at radius 3 is 2.60 bits per heavy atom. The number of carboxylic acids is 1. The molecule has 6 heteroatoms. The van der Waals surface area contributed by atoms with E-state index in [4.69, 9.17) is 0 Å². The molecule has 1 fully saturated rings. The van der Waals surface area contributed by atoms with Crippen molar-refractivity contribution < 1.29 is 14.7 Å². The molecule has 3 rings (SSSR count). The lowest BCUT2D eigenvalue weighted by Gasteiger charge is -2.23. The highest BCUT2D eigenvalue weighted by Gasteiger charge is 2.41. The summed E-state index contributed by atoms with van der Waals surface area (Å²) in [6.07, 6.45) is 0.440. The molecule has 2 atom stereocenters. The van der Waals surface area contributed by atoms with E-state index in [2.05, 4.69) is 4.98 Å². The normalized spacial score (nSPS) is 20.4. The quantitative estimate of drug-likeness (QED) is 0.925. The number of likely N-dealkylation sites (tertiary alicyclic amines) is 1. The standard InChI is InChI=1S/C19H23N3O3/c1-11-5-6-16-14(7-11)15(8-12(2)20-16)18(23)22-10-13(21(3)4)9-17(22)19(24)25/h5-8,13,17H,9-10H2,1-4H3,(H,24,25)/t13-,17+/m1/s1. The number of carbonyl (C=O) groups excluding carboxylic acids is 1. The molecule has 25 heavy (non-hydrogen) atoms. The van der Waals surface area contributed by atoms with Gasteiger partial charge in [0.2, 0.25) is 0 Å². The molecule has 0 radical (unpaired) electrons. The number of amides is 1. The van der Waals surface area contributed by atoms with Crippen LogP contribution in [0.5, 0.6) is 0 Å². The van der Waals surface area contributed by atoms with Crippen molar-refractivity contribution in [1.82, 2.24) is 14.8 Å². The predicted molar refractivity (Wildman–Crippen MR) is 95.8 cm³/mol. The van der Waals surface area contributed by atoms with Crippen LogP contribution in [0.1, 0.15) is 28.0 Å². The van der Waals surface area contributed by atoms with Crippen LogP contribution in [0.2, 0.25) is 0 Å². The maximum Gasteiger partial charge on any atom is 0.326 e. The van der Waals surface area contributed by atoms with Gasteiger partial charge in [0, 0.05) is 23.7 Å². The van der Waals surface area contributed by atoms with Crippen LogP contribution in [-0.2, 0) is 4.79 Å². The molecule has 1 amide bonds. The molecule has 6 nitrogen and oxygen atoms in total. The second kappa shape index (κ2) is 6.44. The van der Waals surface area contributed by atoms with E-state index in [9.17, 15) is 14.7 Å². The number of carboxylic acid groups (broad SMARTS) is 1. The number of nitrogens with zero attached hydrogens (tertiary/aromatic N) is 3. The maximum atomic E-state index is 13.2. The molecule has 0 bridgehead atoms. The molecule has 0 unspecified atom stereocenters. The van der Waals surface area contributed by atoms with E-state index in [0.717, 1.165) is 22.2 Å². The van der Waals surface area contributed by atoms with Gasteiger partial charge in [-0.25, -0.2) is 4.79 Å². The molecule has 0 spiro atoms. The minimum absolute atomic E-state index is 0.0426. The van der Waals surface area contributed by atoms with Gasteiger partial charge in [-0.15, -0.1) is 0 Å². The van der Waals surface area contributed by atoms with E-state index in [1.54, 1.807) is 6.07 Å². The zero-order valence-electron chi connectivity index (χ0n) is 15.0. The van der Waals surface area contributed by atoms with Gasteiger partial charge in [-0.1, -0.05) is 11.6 Å². The summed E-state index contributed by atoms with van der Waals surface area (Å²) >= 11 is 0. The summed E-state index contributed by atoms with van der Waals surface area (Å²) in [4.78, 5) is 32.9. The van der Waals surface area contributed by atoms with Crippen molar-refractivity contribution in [3.63, 3.8) is 0 Å². The van der Waals surface area contributed by atoms with Gasteiger partial charge in [0.1, 0.15) is 6.04 Å². The minimum Gasteiger partial charge on any atom is -0.480 e. The molecule has 2 aromatic rings. The largest absolute Gasteiger partial charge is 0.480 e. The molecule has 0 saturated carbocycles. The number of aryl methyl sites for hydroxylation is 2. The number of pyridine rings is 1. The van der Waals surface area contributed by atoms with Crippen molar-refractivity contribution in [2.45, 2.75) is 32.4 Å². The summed E-state index contributed by atoms with van der Waals surface area (Å²) in [6, 6.07) is 6.79. The van der Waals surface area contributed by atoms with Crippen LogP contribution in [0.4, 0.5) is 0 Å². The van der Waals surface area contributed by atoms with Crippen LogP contribution in [0.3, 0.4) is 0 Å². The lowest BCUT2D eigenvalue weighted by Crippen LogP contribution is -2.41. The Bertz CT molecular complexity index is 847. The fourth-order valence-corrected chi connectivity index (χ4v) is 3.45. The molecular formula is C19H23N3O3. The summed E-state index contributed by atoms with van der Waals surface area (Å²) in [5.74, 6) is -1.19. The van der Waals surface area contributed by atoms with Crippen molar-refractivity contribution in [3.05, 3.63) is 41.1 Å². The summed E-state index contributed by atoms with van der Waals surface area (Å²) < 4.78 is 0. The van der Waals surface area contributed by atoms with Gasteiger partial charge in [0.15, 0.2) is 0 Å². The topological polar surface area (TPSA) is 73.7 Å². The number of aliphatic carboxylic acids is 1. The zero-order valence-corrected chi connectivity index (χ0v) is 15.0. The van der Waals surface area contributed by atoms with Crippen molar-refractivity contribution >= 4 is 22.8 Å². The van der Waals surface area contributed by atoms with E-state index in [0.29, 0.717) is 18.5 Å². The van der Waals surface area contributed by atoms with Crippen LogP contribution >= 0.6 is 0 Å². The fourth-order valence-electron chi connectivity index (χ4n) is 3.45. The highest BCUT2D eigenvalue weighted by Crippen LogP contribution is 2.27. The Morgan fingerprint density at radius 1 is 1.24 bits per heavy atom. The predicted octanol–water partition coefficient (Wildman–Crippen LogP) is 2.08. The fraction of sp³-hybridized carbons (Fsp3) is 0.421. The average Bonchev–Trinajstić information content (AvgIpc) is 2.99. The molecule has 1 aromatic heterocycles. The minimum atomic E-state index is -0.955. The number of hydrogen-bond donors (Lipinski definition) is 1. The Hall–Kier alpha value is -2.47. The molecular weight excluding hydrogens is 318 g/mol. The van der Waals surface area contributed by atoms with E-state index in [-0.39, 0.29) is 11.9 Å². The highest BCUT2D eigenvalue weighted by molar-refractivity contribution is 6.07. The van der Waals surface area contributed by atoms with Crippen LogP contribution in [0.15, 0.2) is 24.3 Å². The number of carbonyl (C=O) groups is 2. The summed E-state index contributed by atoms with van der Waals surface area (Å²) in [7, 11) is 3.82. The molecule has 1 aliphatic rings. The number of likely N-dealkylation sites (N-methyl/N-ethyl adjacent to an activating group) is 1. The summed E-state index contributed by atoms with van der Waals surface area (Å²) in [5, 5.41) is 10.3. The molecule has 2 heterocycles. The Morgan fingerprint density at radius 2 is 1.96 bits per heavy atom. The van der Waals surface area contributed by atoms with Gasteiger partial charge in [0.25, 0.3) is 5.91 Å². The molecule has 132 valence electrons. The van der Waals surface area contributed by atoms with Crippen LogP contribution in [0.25, 0.3) is 10.9 Å². The third kappa shape index (κ3) is 3.22. The third-order valence-corrected chi connectivity index (χ3v) is 4.88. The highest BCUT2D eigenvalue weighted by atomic mass is 16.4. The maximum absolute atomic E-state index is 13.2. The first kappa shape index (κ1) is 17.4. The lowest BCUT2D eigenvalue weighted by atomic mass is 10.0. The average molecular weight is 341 g/mol. The van der Waals surface area contributed by atoms with Crippen molar-refractivity contribution in [2.24, 2.45) is 0 Å². The second-order valence-corrected chi connectivity index (χ2v) is 7.00. The van der Waals surface area contributed by atoms with Gasteiger partial charge >= 0.3 is 5.97 Å². The lowest BCUT2D eigenvalue weighted by molar-refractivity contribution is -0.141. The first-order chi connectivity index (χ1) is 11.8. The summed E-state index contributed by atoms with van der Waals surface area (Å²) in [5.41, 5.74) is 3.06. The van der Waals surface area contributed by atoms with E-state index >= 15 is 0 Å². The SMILES string of the molecule is Cc1ccc2nc(C)cc(C(=O)N3C[C@H](N(C)C)C[C@H]3C(=O)O)c2c1. The first-order valence-electron chi connectivity index (χ1n) is 8.36. The zero-order chi connectivity index (χ0) is 18.3. The van der Waals surface area contributed by atoms with Gasteiger partial charge in [0.05, 0.1) is 11.1 Å². The number of aromatic nitrogens is 1. The van der Waals surface area contributed by atoms with E-state index in [1.165, 1.54) is 4.90 Å². The monoisotopic (exact) mass is 341 g/mol. The number of benzene rings is 1. The Labute approximate surface area is 147 Å². The molecule has 1 saturated heterocycles. The molecule has 1 aliphatic heterocycles. The second-order valence-electron chi connectivity index (χ2n) is 7.00. The van der Waals surface area contributed by atoms with Gasteiger partial charge in [-0.3, -0.25) is 9.78 Å². The van der Waals surface area contributed by atoms with Gasteiger partial charge in [-0.05, 0) is 52.6 Å². The van der Waals surface area contributed by atoms with Crippen LogP contribution < -0.4 is 0 Å². The van der Waals surface area contributed by atoms with Crippen LogP contribution in [-0.4, -0.2) is 64.5 Å². The Balaban J connectivity index is 2.06. The number of rotatable bonds is 3. The van der Waals surface area contributed by atoms with Crippen molar-refractivity contribution in [1.29, 1.82) is 0 Å².